The van der Waals surface area contributed by atoms with Crippen molar-refractivity contribution in [3.05, 3.63) is 23.8 Å². The molecule has 0 aromatic heterocycles. The lowest BCUT2D eigenvalue weighted by molar-refractivity contribution is -0.137. The second-order valence-corrected chi connectivity index (χ2v) is 4.97. The first-order valence-corrected chi connectivity index (χ1v) is 7.07. The summed E-state index contributed by atoms with van der Waals surface area (Å²) in [6, 6.07) is 1.97. The topological polar surface area (TPSA) is 67.4 Å². The van der Waals surface area contributed by atoms with Crippen LogP contribution in [0, 0.1) is 0 Å². The van der Waals surface area contributed by atoms with Gasteiger partial charge >= 0.3 is 6.18 Å². The Bertz CT molecular complexity index is 574. The van der Waals surface area contributed by atoms with E-state index in [0.717, 1.165) is 18.2 Å². The molecule has 2 N–H and O–H groups in total. The standard InChI is InChI=1S/C15H19F3N2O3/c1-4-7-23-13-6-5-11(15(16,17)18)8-12(13)20-14(22)9(2)19-10(3)21/h5-6,8-9H,4,7H2,1-3H3,(H,19,21)(H,20,22). The molecule has 0 saturated heterocycles. The quantitative estimate of drug-likeness (QED) is 0.842. The van der Waals surface area contributed by atoms with E-state index in [1.54, 1.807) is 0 Å². The summed E-state index contributed by atoms with van der Waals surface area (Å²) >= 11 is 0. The summed E-state index contributed by atoms with van der Waals surface area (Å²) in [5, 5.41) is 4.71. The van der Waals surface area contributed by atoms with Gasteiger partial charge in [0.05, 0.1) is 17.9 Å². The number of benzene rings is 1. The Labute approximate surface area is 132 Å². The highest BCUT2D eigenvalue weighted by atomic mass is 19.4. The minimum Gasteiger partial charge on any atom is -0.491 e. The zero-order chi connectivity index (χ0) is 17.6. The van der Waals surface area contributed by atoms with Gasteiger partial charge in [-0.15, -0.1) is 0 Å². The van der Waals surface area contributed by atoms with Crippen molar-refractivity contribution >= 4 is 17.5 Å². The molecule has 23 heavy (non-hydrogen) atoms. The summed E-state index contributed by atoms with van der Waals surface area (Å²) < 4.78 is 43.8. The summed E-state index contributed by atoms with van der Waals surface area (Å²) in [5.41, 5.74) is -0.987. The van der Waals surface area contributed by atoms with Crippen molar-refractivity contribution in [3.63, 3.8) is 0 Å². The van der Waals surface area contributed by atoms with Crippen LogP contribution < -0.4 is 15.4 Å². The van der Waals surface area contributed by atoms with Gasteiger partial charge in [0.2, 0.25) is 11.8 Å². The van der Waals surface area contributed by atoms with Gasteiger partial charge in [0.15, 0.2) is 0 Å². The van der Waals surface area contributed by atoms with E-state index in [9.17, 15) is 22.8 Å². The van der Waals surface area contributed by atoms with Crippen LogP contribution in [0.2, 0.25) is 0 Å². The fraction of sp³-hybridized carbons (Fsp3) is 0.467. The molecule has 0 aliphatic rings. The maximum absolute atomic E-state index is 12.8. The highest BCUT2D eigenvalue weighted by molar-refractivity contribution is 5.97. The molecule has 0 aliphatic heterocycles. The monoisotopic (exact) mass is 332 g/mol. The van der Waals surface area contributed by atoms with E-state index in [4.69, 9.17) is 4.74 Å². The summed E-state index contributed by atoms with van der Waals surface area (Å²) in [5.74, 6) is -0.914. The molecule has 0 bridgehead atoms. The van der Waals surface area contributed by atoms with Crippen LogP contribution in [0.5, 0.6) is 5.75 Å². The van der Waals surface area contributed by atoms with Crippen LogP contribution in [-0.4, -0.2) is 24.5 Å². The summed E-state index contributed by atoms with van der Waals surface area (Å²) in [6.07, 6.45) is -3.87. The molecule has 0 saturated carbocycles. The number of amides is 2. The van der Waals surface area contributed by atoms with Gasteiger partial charge in [-0.1, -0.05) is 6.92 Å². The number of nitrogens with one attached hydrogen (secondary N) is 2. The van der Waals surface area contributed by atoms with Crippen LogP contribution in [0.4, 0.5) is 18.9 Å². The minimum absolute atomic E-state index is 0.0875. The van der Waals surface area contributed by atoms with Gasteiger partial charge in [0.25, 0.3) is 0 Å². The molecule has 128 valence electrons. The van der Waals surface area contributed by atoms with Crippen molar-refractivity contribution in [2.75, 3.05) is 11.9 Å². The first-order valence-electron chi connectivity index (χ1n) is 7.07. The molecule has 1 rings (SSSR count). The number of rotatable bonds is 6. The summed E-state index contributed by atoms with van der Waals surface area (Å²) in [6.45, 7) is 4.82. The van der Waals surface area contributed by atoms with Gasteiger partial charge in [-0.25, -0.2) is 0 Å². The van der Waals surface area contributed by atoms with E-state index in [2.05, 4.69) is 10.6 Å². The van der Waals surface area contributed by atoms with Crippen molar-refractivity contribution in [2.24, 2.45) is 0 Å². The maximum Gasteiger partial charge on any atom is 0.416 e. The number of ether oxygens (including phenoxy) is 1. The Hall–Kier alpha value is -2.25. The van der Waals surface area contributed by atoms with Crippen LogP contribution in [0.15, 0.2) is 18.2 Å². The van der Waals surface area contributed by atoms with Crippen molar-refractivity contribution in [3.8, 4) is 5.75 Å². The van der Waals surface area contributed by atoms with Crippen molar-refractivity contribution in [1.82, 2.24) is 5.32 Å². The fourth-order valence-electron chi connectivity index (χ4n) is 1.75. The van der Waals surface area contributed by atoms with Crippen LogP contribution >= 0.6 is 0 Å². The maximum atomic E-state index is 12.8. The normalized spacial score (nSPS) is 12.4. The van der Waals surface area contributed by atoms with Gasteiger partial charge < -0.3 is 15.4 Å². The van der Waals surface area contributed by atoms with Crippen molar-refractivity contribution in [1.29, 1.82) is 0 Å². The molecule has 8 heteroatoms. The third kappa shape index (κ3) is 5.80. The summed E-state index contributed by atoms with van der Waals surface area (Å²) in [7, 11) is 0. The van der Waals surface area contributed by atoms with E-state index >= 15 is 0 Å². The molecule has 0 spiro atoms. The molecule has 5 nitrogen and oxygen atoms in total. The Balaban J connectivity index is 3.04. The number of carbonyl (C=O) groups excluding carboxylic acids is 2. The highest BCUT2D eigenvalue weighted by Gasteiger charge is 2.31. The average Bonchev–Trinajstić information content (AvgIpc) is 2.44. The molecule has 1 aromatic rings. The van der Waals surface area contributed by atoms with Crippen LogP contribution in [0.1, 0.15) is 32.8 Å². The van der Waals surface area contributed by atoms with Gasteiger partial charge in [0, 0.05) is 6.92 Å². The van der Waals surface area contributed by atoms with Crippen LogP contribution in [-0.2, 0) is 15.8 Å². The Morgan fingerprint density at radius 2 is 1.96 bits per heavy atom. The molecule has 1 unspecified atom stereocenters. The lowest BCUT2D eigenvalue weighted by Crippen LogP contribution is -2.40. The minimum atomic E-state index is -4.54. The lowest BCUT2D eigenvalue weighted by atomic mass is 10.1. The Morgan fingerprint density at radius 3 is 2.48 bits per heavy atom. The second-order valence-electron chi connectivity index (χ2n) is 4.97. The number of anilines is 1. The Morgan fingerprint density at radius 1 is 1.30 bits per heavy atom. The number of halogens is 3. The fourth-order valence-corrected chi connectivity index (χ4v) is 1.75. The third-order valence-electron chi connectivity index (χ3n) is 2.84. The van der Waals surface area contributed by atoms with Crippen LogP contribution in [0.25, 0.3) is 0 Å². The first kappa shape index (κ1) is 18.8. The zero-order valence-electron chi connectivity index (χ0n) is 13.1. The van der Waals surface area contributed by atoms with E-state index in [-0.39, 0.29) is 11.4 Å². The number of alkyl halides is 3. The molecule has 0 radical (unpaired) electrons. The van der Waals surface area contributed by atoms with E-state index in [1.807, 2.05) is 6.92 Å². The lowest BCUT2D eigenvalue weighted by Gasteiger charge is -2.17. The van der Waals surface area contributed by atoms with E-state index in [1.165, 1.54) is 13.8 Å². The third-order valence-corrected chi connectivity index (χ3v) is 2.84. The second kappa shape index (κ2) is 7.85. The zero-order valence-corrected chi connectivity index (χ0v) is 13.1. The van der Waals surface area contributed by atoms with Gasteiger partial charge in [0.1, 0.15) is 11.8 Å². The highest BCUT2D eigenvalue weighted by Crippen LogP contribution is 2.35. The predicted octanol–water partition coefficient (Wildman–Crippen LogP) is 2.96. The molecule has 0 heterocycles. The van der Waals surface area contributed by atoms with E-state index < -0.39 is 29.6 Å². The van der Waals surface area contributed by atoms with Gasteiger partial charge in [-0.05, 0) is 31.5 Å². The largest absolute Gasteiger partial charge is 0.491 e. The van der Waals surface area contributed by atoms with Gasteiger partial charge in [-0.3, -0.25) is 9.59 Å². The molecular weight excluding hydrogens is 313 g/mol. The number of carbonyl (C=O) groups is 2. The average molecular weight is 332 g/mol. The van der Waals surface area contributed by atoms with Crippen LogP contribution in [0.3, 0.4) is 0 Å². The van der Waals surface area contributed by atoms with Crippen molar-refractivity contribution in [2.45, 2.75) is 39.4 Å². The molecular formula is C15H19F3N2O3. The first-order chi connectivity index (χ1) is 10.6. The number of hydrogen-bond donors (Lipinski definition) is 2. The smallest absolute Gasteiger partial charge is 0.416 e. The summed E-state index contributed by atoms with van der Waals surface area (Å²) in [4.78, 5) is 22.9. The molecule has 1 aromatic carbocycles. The SMILES string of the molecule is CCCOc1ccc(C(F)(F)F)cc1NC(=O)C(C)NC(C)=O. The van der Waals surface area contributed by atoms with Crippen molar-refractivity contribution < 1.29 is 27.5 Å². The molecule has 0 aliphatic carbocycles. The molecule has 0 fully saturated rings. The van der Waals surface area contributed by atoms with Gasteiger partial charge in [-0.2, -0.15) is 13.2 Å². The molecule has 1 atom stereocenters. The number of hydrogen-bond acceptors (Lipinski definition) is 3. The predicted molar refractivity (Wildman–Crippen MR) is 79.1 cm³/mol. The molecule has 2 amide bonds. The van der Waals surface area contributed by atoms with E-state index in [0.29, 0.717) is 13.0 Å². The Kier molecular flexibility index (Phi) is 6.41.